The van der Waals surface area contributed by atoms with Crippen LogP contribution in [-0.4, -0.2) is 12.9 Å². The van der Waals surface area contributed by atoms with Crippen molar-refractivity contribution in [1.82, 2.24) is 0 Å². The molecule has 0 bridgehead atoms. The molecular weight excluding hydrogens is 212 g/mol. The van der Waals surface area contributed by atoms with E-state index in [2.05, 4.69) is 12.1 Å². The summed E-state index contributed by atoms with van der Waals surface area (Å²) in [4.78, 5) is 11.6. The monoisotopic (exact) mass is 234 g/mol. The lowest BCUT2D eigenvalue weighted by atomic mass is 9.95. The maximum atomic E-state index is 11.6. The van der Waals surface area contributed by atoms with E-state index < -0.39 is 0 Å². The highest BCUT2D eigenvalue weighted by Crippen LogP contribution is 2.16. The largest absolute Gasteiger partial charge is 0.497 e. The summed E-state index contributed by atoms with van der Waals surface area (Å²) in [5.41, 5.74) is 1.27. The molecule has 1 unspecified atom stereocenters. The second-order valence-electron chi connectivity index (χ2n) is 4.50. The maximum absolute atomic E-state index is 11.6. The molecule has 0 heterocycles. The van der Waals surface area contributed by atoms with Gasteiger partial charge in [0.1, 0.15) is 11.5 Å². The third-order valence-electron chi connectivity index (χ3n) is 3.07. The number of Topliss-reactive ketones (excluding diaryl/α,β-unsaturated/α-hetero) is 1. The molecule has 0 saturated heterocycles. The van der Waals surface area contributed by atoms with E-state index in [0.717, 1.165) is 25.0 Å². The van der Waals surface area contributed by atoms with Crippen LogP contribution in [-0.2, 0) is 11.2 Å². The smallest absolute Gasteiger partial charge is 0.135 e. The van der Waals surface area contributed by atoms with Crippen LogP contribution < -0.4 is 4.74 Å². The van der Waals surface area contributed by atoms with Gasteiger partial charge in [0.25, 0.3) is 0 Å². The zero-order chi connectivity index (χ0) is 12.7. The van der Waals surface area contributed by atoms with Crippen molar-refractivity contribution < 1.29 is 9.53 Å². The van der Waals surface area contributed by atoms with Crippen molar-refractivity contribution >= 4 is 5.78 Å². The van der Waals surface area contributed by atoms with E-state index in [-0.39, 0.29) is 5.92 Å². The Labute approximate surface area is 104 Å². The molecule has 1 aromatic carbocycles. The van der Waals surface area contributed by atoms with Crippen LogP contribution in [0.5, 0.6) is 5.75 Å². The van der Waals surface area contributed by atoms with E-state index >= 15 is 0 Å². The number of ketones is 1. The molecule has 0 aliphatic rings. The second-order valence-corrected chi connectivity index (χ2v) is 4.50. The van der Waals surface area contributed by atoms with Crippen molar-refractivity contribution in [2.24, 2.45) is 5.92 Å². The average Bonchev–Trinajstić information content (AvgIpc) is 2.36. The van der Waals surface area contributed by atoms with Gasteiger partial charge in [0, 0.05) is 12.3 Å². The molecule has 94 valence electrons. The Bertz CT molecular complexity index is 340. The van der Waals surface area contributed by atoms with Crippen molar-refractivity contribution in [3.8, 4) is 5.75 Å². The third-order valence-corrected chi connectivity index (χ3v) is 3.07. The lowest BCUT2D eigenvalue weighted by Gasteiger charge is -2.10. The van der Waals surface area contributed by atoms with Crippen LogP contribution in [0.1, 0.15) is 38.7 Å². The van der Waals surface area contributed by atoms with E-state index in [1.54, 1.807) is 7.11 Å². The number of rotatable bonds is 7. The Balaban J connectivity index is 2.41. The summed E-state index contributed by atoms with van der Waals surface area (Å²) in [5.74, 6) is 1.45. The van der Waals surface area contributed by atoms with Gasteiger partial charge in [-0.15, -0.1) is 0 Å². The van der Waals surface area contributed by atoms with Crippen LogP contribution in [0.3, 0.4) is 0 Å². The minimum Gasteiger partial charge on any atom is -0.497 e. The zero-order valence-corrected chi connectivity index (χ0v) is 11.0. The molecule has 1 atom stereocenters. The molecule has 0 N–H and O–H groups in total. The summed E-state index contributed by atoms with van der Waals surface area (Å²) >= 11 is 0. The Hall–Kier alpha value is -1.31. The van der Waals surface area contributed by atoms with Crippen molar-refractivity contribution in [2.75, 3.05) is 7.11 Å². The average molecular weight is 234 g/mol. The zero-order valence-electron chi connectivity index (χ0n) is 11.0. The predicted molar refractivity (Wildman–Crippen MR) is 70.4 cm³/mol. The van der Waals surface area contributed by atoms with Crippen LogP contribution in [0.4, 0.5) is 0 Å². The molecular formula is C15H22O2. The van der Waals surface area contributed by atoms with Crippen molar-refractivity contribution in [2.45, 2.75) is 39.5 Å². The molecule has 1 rings (SSSR count). The predicted octanol–water partition coefficient (Wildman–Crippen LogP) is 3.63. The number of carbonyl (C=O) groups is 1. The summed E-state index contributed by atoms with van der Waals surface area (Å²) in [6.07, 6.45) is 3.56. The Morgan fingerprint density at radius 2 is 1.94 bits per heavy atom. The number of benzene rings is 1. The van der Waals surface area contributed by atoms with Gasteiger partial charge in [0.15, 0.2) is 0 Å². The number of hydrogen-bond acceptors (Lipinski definition) is 2. The number of ether oxygens (including phenoxy) is 1. The maximum Gasteiger partial charge on any atom is 0.135 e. The fourth-order valence-electron chi connectivity index (χ4n) is 1.83. The number of carbonyl (C=O) groups excluding carboxylic acids is 1. The van der Waals surface area contributed by atoms with Gasteiger partial charge >= 0.3 is 0 Å². The van der Waals surface area contributed by atoms with Gasteiger partial charge < -0.3 is 4.74 Å². The summed E-state index contributed by atoms with van der Waals surface area (Å²) < 4.78 is 5.11. The number of methoxy groups -OCH3 is 1. The molecule has 0 aliphatic carbocycles. The Kier molecular flexibility index (Phi) is 5.75. The summed E-state index contributed by atoms with van der Waals surface area (Å²) in [6.45, 7) is 4.08. The fourth-order valence-corrected chi connectivity index (χ4v) is 1.83. The lowest BCUT2D eigenvalue weighted by Crippen LogP contribution is -2.11. The molecule has 1 aromatic rings. The van der Waals surface area contributed by atoms with Crippen LogP contribution in [0, 0.1) is 5.92 Å². The first-order valence-corrected chi connectivity index (χ1v) is 6.33. The SMILES string of the molecule is CCCC(=O)C(C)CCc1ccc(OC)cc1. The summed E-state index contributed by atoms with van der Waals surface area (Å²) in [6, 6.07) is 8.06. The van der Waals surface area contributed by atoms with Gasteiger partial charge in [-0.2, -0.15) is 0 Å². The van der Waals surface area contributed by atoms with Crippen LogP contribution in [0.25, 0.3) is 0 Å². The minimum absolute atomic E-state index is 0.178. The summed E-state index contributed by atoms with van der Waals surface area (Å²) in [7, 11) is 1.67. The molecule has 0 radical (unpaired) electrons. The van der Waals surface area contributed by atoms with Gasteiger partial charge in [0.2, 0.25) is 0 Å². The van der Waals surface area contributed by atoms with E-state index in [9.17, 15) is 4.79 Å². The molecule has 0 saturated carbocycles. The Morgan fingerprint density at radius 3 is 2.47 bits per heavy atom. The fraction of sp³-hybridized carbons (Fsp3) is 0.533. The van der Waals surface area contributed by atoms with Crippen LogP contribution in [0.15, 0.2) is 24.3 Å². The molecule has 0 aliphatic heterocycles. The standard InChI is InChI=1S/C15H22O2/c1-4-5-15(16)12(2)6-7-13-8-10-14(17-3)11-9-13/h8-12H,4-7H2,1-3H3. The number of aryl methyl sites for hydroxylation is 1. The normalized spacial score (nSPS) is 12.2. The molecule has 0 spiro atoms. The highest BCUT2D eigenvalue weighted by molar-refractivity contribution is 5.80. The van der Waals surface area contributed by atoms with Gasteiger partial charge in [-0.05, 0) is 37.0 Å². The van der Waals surface area contributed by atoms with Crippen molar-refractivity contribution in [1.29, 1.82) is 0 Å². The van der Waals surface area contributed by atoms with E-state index in [4.69, 9.17) is 4.74 Å². The van der Waals surface area contributed by atoms with Gasteiger partial charge in [-0.3, -0.25) is 4.79 Å². The highest BCUT2D eigenvalue weighted by Gasteiger charge is 2.11. The van der Waals surface area contributed by atoms with E-state index in [1.165, 1.54) is 5.56 Å². The van der Waals surface area contributed by atoms with Gasteiger partial charge in [-0.25, -0.2) is 0 Å². The molecule has 2 nitrogen and oxygen atoms in total. The second kappa shape index (κ2) is 7.10. The van der Waals surface area contributed by atoms with Crippen LogP contribution >= 0.6 is 0 Å². The van der Waals surface area contributed by atoms with Crippen molar-refractivity contribution in [3.05, 3.63) is 29.8 Å². The summed E-state index contributed by atoms with van der Waals surface area (Å²) in [5, 5.41) is 0. The van der Waals surface area contributed by atoms with E-state index in [1.807, 2.05) is 26.0 Å². The first kappa shape index (κ1) is 13.8. The molecule has 0 amide bonds. The molecule has 2 heteroatoms. The first-order valence-electron chi connectivity index (χ1n) is 6.33. The Morgan fingerprint density at radius 1 is 1.29 bits per heavy atom. The minimum atomic E-state index is 0.178. The highest BCUT2D eigenvalue weighted by atomic mass is 16.5. The number of hydrogen-bond donors (Lipinski definition) is 0. The molecule has 0 fully saturated rings. The van der Waals surface area contributed by atoms with Crippen LogP contribution in [0.2, 0.25) is 0 Å². The topological polar surface area (TPSA) is 26.3 Å². The van der Waals surface area contributed by atoms with Crippen molar-refractivity contribution in [3.63, 3.8) is 0 Å². The van der Waals surface area contributed by atoms with E-state index in [0.29, 0.717) is 12.2 Å². The first-order chi connectivity index (χ1) is 8.17. The van der Waals surface area contributed by atoms with Gasteiger partial charge in [-0.1, -0.05) is 26.0 Å². The lowest BCUT2D eigenvalue weighted by molar-refractivity contribution is -0.122. The quantitative estimate of drug-likeness (QED) is 0.720. The van der Waals surface area contributed by atoms with Gasteiger partial charge in [0.05, 0.1) is 7.11 Å². The molecule has 17 heavy (non-hydrogen) atoms. The molecule has 0 aromatic heterocycles. The third kappa shape index (κ3) is 4.59.